The monoisotopic (exact) mass is 601 g/mol. The van der Waals surface area contributed by atoms with Gasteiger partial charge in [-0.25, -0.2) is 8.42 Å². The molecule has 214 valence electrons. The maximum Gasteiger partial charge on any atom is 0.264 e. The average molecular weight is 602 g/mol. The van der Waals surface area contributed by atoms with Gasteiger partial charge in [-0.05, 0) is 95.0 Å². The van der Waals surface area contributed by atoms with Crippen molar-refractivity contribution in [2.24, 2.45) is 0 Å². The second kappa shape index (κ2) is 13.1. The average Bonchev–Trinajstić information content (AvgIpc) is 2.89. The molecule has 0 saturated carbocycles. The fourth-order valence-corrected chi connectivity index (χ4v) is 6.04. The maximum atomic E-state index is 14.0. The van der Waals surface area contributed by atoms with Crippen LogP contribution in [0.25, 0.3) is 0 Å². The van der Waals surface area contributed by atoms with Crippen LogP contribution in [0.4, 0.5) is 5.69 Å². The SMILES string of the molecule is CSc1ccc(S(=O)(=O)N(CC(=O)N(Cc2cccc(Cl)c2)C(C)C(=O)NC(C)(C)C)c2ccc(C)cc2)cc1. The van der Waals surface area contributed by atoms with E-state index < -0.39 is 34.1 Å². The fourth-order valence-electron chi connectivity index (χ4n) is 4.00. The van der Waals surface area contributed by atoms with Gasteiger partial charge in [-0.15, -0.1) is 11.8 Å². The van der Waals surface area contributed by atoms with Gasteiger partial charge in [0.2, 0.25) is 11.8 Å². The number of thioether (sulfide) groups is 1. The molecule has 0 aliphatic carbocycles. The summed E-state index contributed by atoms with van der Waals surface area (Å²) in [5.74, 6) is -0.873. The third-order valence-electron chi connectivity index (χ3n) is 6.16. The lowest BCUT2D eigenvalue weighted by atomic mass is 10.1. The van der Waals surface area contributed by atoms with E-state index in [4.69, 9.17) is 11.6 Å². The van der Waals surface area contributed by atoms with Gasteiger partial charge in [-0.2, -0.15) is 0 Å². The summed E-state index contributed by atoms with van der Waals surface area (Å²) in [5, 5.41) is 3.41. The highest BCUT2D eigenvalue weighted by Gasteiger charge is 2.33. The maximum absolute atomic E-state index is 14.0. The minimum absolute atomic E-state index is 0.0681. The van der Waals surface area contributed by atoms with E-state index in [1.54, 1.807) is 61.5 Å². The van der Waals surface area contributed by atoms with Crippen molar-refractivity contribution >= 4 is 50.9 Å². The molecule has 2 amide bonds. The molecule has 40 heavy (non-hydrogen) atoms. The lowest BCUT2D eigenvalue weighted by Crippen LogP contribution is -2.54. The molecule has 0 aromatic heterocycles. The summed E-state index contributed by atoms with van der Waals surface area (Å²) in [4.78, 5) is 29.5. The van der Waals surface area contributed by atoms with E-state index >= 15 is 0 Å². The van der Waals surface area contributed by atoms with Gasteiger partial charge in [-0.1, -0.05) is 41.4 Å². The zero-order valence-electron chi connectivity index (χ0n) is 23.6. The van der Waals surface area contributed by atoms with Crippen molar-refractivity contribution < 1.29 is 18.0 Å². The first-order valence-corrected chi connectivity index (χ1v) is 15.8. The second-order valence-electron chi connectivity index (χ2n) is 10.6. The Morgan fingerprint density at radius 2 is 1.62 bits per heavy atom. The summed E-state index contributed by atoms with van der Waals surface area (Å²) >= 11 is 7.70. The van der Waals surface area contributed by atoms with E-state index in [1.165, 1.54) is 28.8 Å². The lowest BCUT2D eigenvalue weighted by Gasteiger charge is -2.33. The molecular weight excluding hydrogens is 566 g/mol. The van der Waals surface area contributed by atoms with Gasteiger partial charge in [0, 0.05) is 22.0 Å². The standard InChI is InChI=1S/C30H36ClN3O4S2/c1-21-10-12-25(13-11-21)34(40(37,38)27-16-14-26(39-6)15-17-27)20-28(35)33(19-23-8-7-9-24(31)18-23)22(2)29(36)32-30(3,4)5/h7-18,22H,19-20H2,1-6H3,(H,32,36). The molecule has 0 aliphatic rings. The smallest absolute Gasteiger partial charge is 0.264 e. The zero-order chi connectivity index (χ0) is 29.7. The number of carbonyl (C=O) groups is 2. The van der Waals surface area contributed by atoms with E-state index in [2.05, 4.69) is 5.32 Å². The Kier molecular flexibility index (Phi) is 10.3. The van der Waals surface area contributed by atoms with E-state index in [9.17, 15) is 18.0 Å². The molecular formula is C30H36ClN3O4S2. The summed E-state index contributed by atoms with van der Waals surface area (Å²) in [6.45, 7) is 8.68. The number of rotatable bonds is 10. The highest BCUT2D eigenvalue weighted by atomic mass is 35.5. The quantitative estimate of drug-likeness (QED) is 0.293. The van der Waals surface area contributed by atoms with Gasteiger partial charge in [0.15, 0.2) is 0 Å². The fraction of sp³-hybridized carbons (Fsp3) is 0.333. The molecule has 0 saturated heterocycles. The van der Waals surface area contributed by atoms with Gasteiger partial charge in [-0.3, -0.25) is 13.9 Å². The number of anilines is 1. The van der Waals surface area contributed by atoms with E-state index in [0.29, 0.717) is 16.3 Å². The van der Waals surface area contributed by atoms with Crippen molar-refractivity contribution in [3.8, 4) is 0 Å². The first-order valence-electron chi connectivity index (χ1n) is 12.8. The predicted octanol–water partition coefficient (Wildman–Crippen LogP) is 5.90. The molecule has 0 heterocycles. The van der Waals surface area contributed by atoms with E-state index in [0.717, 1.165) is 14.8 Å². The van der Waals surface area contributed by atoms with E-state index in [1.807, 2.05) is 40.0 Å². The summed E-state index contributed by atoms with van der Waals surface area (Å²) in [6, 6.07) is 19.6. The topological polar surface area (TPSA) is 86.8 Å². The van der Waals surface area contributed by atoms with Crippen molar-refractivity contribution in [1.82, 2.24) is 10.2 Å². The molecule has 10 heteroatoms. The Balaban J connectivity index is 2.03. The van der Waals surface area contributed by atoms with Crippen LogP contribution in [-0.2, 0) is 26.2 Å². The molecule has 3 aromatic carbocycles. The number of carbonyl (C=O) groups excluding carboxylic acids is 2. The van der Waals surface area contributed by atoms with Crippen molar-refractivity contribution in [3.63, 3.8) is 0 Å². The van der Waals surface area contributed by atoms with Crippen LogP contribution in [0.15, 0.2) is 82.6 Å². The minimum Gasteiger partial charge on any atom is -0.350 e. The molecule has 1 atom stereocenters. The van der Waals surface area contributed by atoms with Crippen LogP contribution < -0.4 is 9.62 Å². The van der Waals surface area contributed by atoms with Gasteiger partial charge in [0.25, 0.3) is 10.0 Å². The third kappa shape index (κ3) is 8.25. The summed E-state index contributed by atoms with van der Waals surface area (Å²) < 4.78 is 28.9. The van der Waals surface area contributed by atoms with Crippen molar-refractivity contribution in [2.75, 3.05) is 17.1 Å². The number of nitrogens with one attached hydrogen (secondary N) is 1. The van der Waals surface area contributed by atoms with Gasteiger partial charge >= 0.3 is 0 Å². The number of hydrogen-bond acceptors (Lipinski definition) is 5. The first-order chi connectivity index (χ1) is 18.7. The lowest BCUT2D eigenvalue weighted by molar-refractivity contribution is -0.140. The molecule has 3 aromatic rings. The minimum atomic E-state index is -4.12. The number of sulfonamides is 1. The van der Waals surface area contributed by atoms with Gasteiger partial charge in [0.05, 0.1) is 10.6 Å². The molecule has 0 radical (unpaired) electrons. The van der Waals surface area contributed by atoms with Crippen molar-refractivity contribution in [2.45, 2.75) is 62.5 Å². The van der Waals surface area contributed by atoms with Crippen LogP contribution in [0.2, 0.25) is 5.02 Å². The summed E-state index contributed by atoms with van der Waals surface area (Å²) in [6.07, 6.45) is 1.91. The van der Waals surface area contributed by atoms with Crippen LogP contribution in [0.5, 0.6) is 0 Å². The molecule has 1 N–H and O–H groups in total. The van der Waals surface area contributed by atoms with Crippen LogP contribution >= 0.6 is 23.4 Å². The molecule has 0 fully saturated rings. The predicted molar refractivity (Wildman–Crippen MR) is 163 cm³/mol. The van der Waals surface area contributed by atoms with E-state index in [-0.39, 0.29) is 17.3 Å². The Hall–Kier alpha value is -3.01. The molecule has 0 aliphatic heterocycles. The van der Waals surface area contributed by atoms with Crippen molar-refractivity contribution in [3.05, 3.63) is 88.9 Å². The van der Waals surface area contributed by atoms with Crippen LogP contribution in [-0.4, -0.2) is 49.5 Å². The number of aryl methyl sites for hydroxylation is 1. The number of benzene rings is 3. The summed E-state index contributed by atoms with van der Waals surface area (Å²) in [5.41, 5.74) is 1.50. The normalized spacial score (nSPS) is 12.5. The molecule has 0 bridgehead atoms. The number of nitrogens with zero attached hydrogens (tertiary/aromatic N) is 2. The molecule has 7 nitrogen and oxygen atoms in total. The van der Waals surface area contributed by atoms with Gasteiger partial charge in [0.1, 0.15) is 12.6 Å². The number of amides is 2. The number of halogens is 1. The Bertz CT molecular complexity index is 1440. The Morgan fingerprint density at radius 3 is 2.17 bits per heavy atom. The first kappa shape index (κ1) is 31.5. The largest absolute Gasteiger partial charge is 0.350 e. The number of hydrogen-bond donors (Lipinski definition) is 1. The highest BCUT2D eigenvalue weighted by Crippen LogP contribution is 2.27. The van der Waals surface area contributed by atoms with Crippen LogP contribution in [0.1, 0.15) is 38.8 Å². The zero-order valence-corrected chi connectivity index (χ0v) is 26.0. The highest BCUT2D eigenvalue weighted by molar-refractivity contribution is 7.98. The second-order valence-corrected chi connectivity index (χ2v) is 13.8. The van der Waals surface area contributed by atoms with Gasteiger partial charge < -0.3 is 10.2 Å². The Morgan fingerprint density at radius 1 is 1.00 bits per heavy atom. The summed E-state index contributed by atoms with van der Waals surface area (Å²) in [7, 11) is -4.12. The third-order valence-corrected chi connectivity index (χ3v) is 8.92. The molecule has 0 spiro atoms. The Labute approximate surface area is 247 Å². The van der Waals surface area contributed by atoms with Crippen molar-refractivity contribution in [1.29, 1.82) is 0 Å². The van der Waals surface area contributed by atoms with Crippen LogP contribution in [0, 0.1) is 6.92 Å². The van der Waals surface area contributed by atoms with Crippen LogP contribution in [0.3, 0.4) is 0 Å². The molecule has 1 unspecified atom stereocenters. The molecule has 3 rings (SSSR count).